The lowest BCUT2D eigenvalue weighted by Crippen LogP contribution is -2.06. The number of nitrogens with one attached hydrogen (secondary N) is 1. The third-order valence-corrected chi connectivity index (χ3v) is 4.51. The summed E-state index contributed by atoms with van der Waals surface area (Å²) >= 11 is 12.3. The lowest BCUT2D eigenvalue weighted by Gasteiger charge is -2.07. The fourth-order valence-electron chi connectivity index (χ4n) is 2.38. The largest absolute Gasteiger partial charge is 0.489 e. The molecule has 3 aromatic carbocycles. The van der Waals surface area contributed by atoms with Crippen molar-refractivity contribution in [3.8, 4) is 5.75 Å². The van der Waals surface area contributed by atoms with Crippen LogP contribution in [0, 0.1) is 5.82 Å². The highest BCUT2D eigenvalue weighted by atomic mass is 35.5. The number of hydrazone groups is 1. The smallest absolute Gasteiger partial charge is 0.123 e. The lowest BCUT2D eigenvalue weighted by atomic mass is 10.2. The van der Waals surface area contributed by atoms with Gasteiger partial charge in [0.05, 0.1) is 12.8 Å². The van der Waals surface area contributed by atoms with E-state index in [1.807, 2.05) is 24.3 Å². The van der Waals surface area contributed by atoms with Crippen molar-refractivity contribution in [1.29, 1.82) is 0 Å². The molecule has 0 spiro atoms. The van der Waals surface area contributed by atoms with E-state index in [0.717, 1.165) is 16.7 Å². The third kappa shape index (κ3) is 5.71. The second-order valence-electron chi connectivity index (χ2n) is 5.78. The summed E-state index contributed by atoms with van der Waals surface area (Å²) in [6.45, 7) is 0.792. The molecular weight excluding hydrogens is 386 g/mol. The molecule has 0 heterocycles. The van der Waals surface area contributed by atoms with Gasteiger partial charge in [0, 0.05) is 15.6 Å². The van der Waals surface area contributed by atoms with E-state index >= 15 is 0 Å². The molecule has 0 atom stereocenters. The van der Waals surface area contributed by atoms with Gasteiger partial charge < -0.3 is 10.2 Å². The maximum atomic E-state index is 12.9. The summed E-state index contributed by atoms with van der Waals surface area (Å²) in [6, 6.07) is 19.1. The van der Waals surface area contributed by atoms with E-state index in [4.69, 9.17) is 27.9 Å². The van der Waals surface area contributed by atoms with Crippen LogP contribution in [0.2, 0.25) is 10.0 Å². The minimum atomic E-state index is -0.262. The van der Waals surface area contributed by atoms with Gasteiger partial charge in [0.25, 0.3) is 0 Å². The molecule has 3 nitrogen and oxygen atoms in total. The van der Waals surface area contributed by atoms with Crippen LogP contribution in [0.15, 0.2) is 71.8 Å². The van der Waals surface area contributed by atoms with Crippen LogP contribution in [0.3, 0.4) is 0 Å². The number of nitrogens with zero attached hydrogens (tertiary/aromatic N) is 1. The number of halogens is 3. The molecule has 0 aromatic heterocycles. The lowest BCUT2D eigenvalue weighted by molar-refractivity contribution is 0.306. The van der Waals surface area contributed by atoms with E-state index in [9.17, 15) is 4.39 Å². The maximum Gasteiger partial charge on any atom is 0.123 e. The Morgan fingerprint density at radius 2 is 1.67 bits per heavy atom. The van der Waals surface area contributed by atoms with E-state index in [2.05, 4.69) is 10.5 Å². The van der Waals surface area contributed by atoms with Gasteiger partial charge in [-0.15, -0.1) is 0 Å². The molecule has 3 aromatic rings. The van der Waals surface area contributed by atoms with E-state index in [1.54, 1.807) is 36.5 Å². The zero-order valence-electron chi connectivity index (χ0n) is 14.3. The highest BCUT2D eigenvalue weighted by molar-refractivity contribution is 6.35. The number of rotatable bonds is 7. The number of hydrogen-bond acceptors (Lipinski definition) is 3. The highest BCUT2D eigenvalue weighted by Gasteiger charge is 2.03. The predicted octanol–water partition coefficient (Wildman–Crippen LogP) is 5.84. The summed E-state index contributed by atoms with van der Waals surface area (Å²) in [4.78, 5) is 0. The van der Waals surface area contributed by atoms with Crippen LogP contribution in [-0.4, -0.2) is 6.21 Å². The molecule has 6 heteroatoms. The summed E-state index contributed by atoms with van der Waals surface area (Å²) < 4.78 is 18.7. The van der Waals surface area contributed by atoms with Crippen LogP contribution >= 0.6 is 23.2 Å². The summed E-state index contributed by atoms with van der Waals surface area (Å²) in [7, 11) is 0. The zero-order chi connectivity index (χ0) is 19.1. The summed E-state index contributed by atoms with van der Waals surface area (Å²) in [5.41, 5.74) is 5.52. The SMILES string of the molecule is Fc1ccc(COc2cccc(/C=N/NCc3c(Cl)cccc3Cl)c2)cc1. The maximum absolute atomic E-state index is 12.9. The van der Waals surface area contributed by atoms with Crippen LogP contribution in [0.25, 0.3) is 0 Å². The molecule has 0 radical (unpaired) electrons. The van der Waals surface area contributed by atoms with Crippen molar-refractivity contribution >= 4 is 29.4 Å². The molecular formula is C21H17Cl2FN2O. The Kier molecular flexibility index (Phi) is 6.69. The van der Waals surface area contributed by atoms with Gasteiger partial charge >= 0.3 is 0 Å². The first-order valence-electron chi connectivity index (χ1n) is 8.28. The van der Waals surface area contributed by atoms with Gasteiger partial charge in [-0.1, -0.05) is 53.5 Å². The van der Waals surface area contributed by atoms with Gasteiger partial charge in [-0.25, -0.2) is 4.39 Å². The molecule has 0 aliphatic rings. The van der Waals surface area contributed by atoms with Gasteiger partial charge in [0.15, 0.2) is 0 Å². The molecule has 0 aliphatic carbocycles. The van der Waals surface area contributed by atoms with Gasteiger partial charge in [-0.2, -0.15) is 5.10 Å². The quantitative estimate of drug-likeness (QED) is 0.398. The van der Waals surface area contributed by atoms with Crippen LogP contribution in [0.1, 0.15) is 16.7 Å². The highest BCUT2D eigenvalue weighted by Crippen LogP contribution is 2.23. The molecule has 0 aliphatic heterocycles. The average Bonchev–Trinajstić information content (AvgIpc) is 2.67. The summed E-state index contributed by atoms with van der Waals surface area (Å²) in [5.74, 6) is 0.444. The Hall–Kier alpha value is -2.56. The Morgan fingerprint density at radius 1 is 0.963 bits per heavy atom. The van der Waals surface area contributed by atoms with E-state index < -0.39 is 0 Å². The molecule has 27 heavy (non-hydrogen) atoms. The second-order valence-corrected chi connectivity index (χ2v) is 6.60. The van der Waals surface area contributed by atoms with Gasteiger partial charge in [0.2, 0.25) is 0 Å². The van der Waals surface area contributed by atoms with E-state index in [1.165, 1.54) is 12.1 Å². The number of ether oxygens (including phenoxy) is 1. The topological polar surface area (TPSA) is 33.6 Å². The first-order valence-corrected chi connectivity index (χ1v) is 9.03. The summed E-state index contributed by atoms with van der Waals surface area (Å²) in [6.07, 6.45) is 1.69. The molecule has 0 unspecified atom stereocenters. The first-order chi connectivity index (χ1) is 13.1. The van der Waals surface area contributed by atoms with Crippen molar-refractivity contribution in [2.75, 3.05) is 0 Å². The van der Waals surface area contributed by atoms with Crippen molar-refractivity contribution in [2.24, 2.45) is 5.10 Å². The molecule has 0 bridgehead atoms. The van der Waals surface area contributed by atoms with Crippen LogP contribution in [0.4, 0.5) is 4.39 Å². The number of hydrogen-bond donors (Lipinski definition) is 1. The van der Waals surface area contributed by atoms with Crippen molar-refractivity contribution in [3.63, 3.8) is 0 Å². The Bertz CT molecular complexity index is 909. The Morgan fingerprint density at radius 3 is 2.41 bits per heavy atom. The Labute approximate surface area is 167 Å². The van der Waals surface area contributed by atoms with Crippen molar-refractivity contribution in [3.05, 3.63) is 99.3 Å². The average molecular weight is 403 g/mol. The monoisotopic (exact) mass is 402 g/mol. The van der Waals surface area contributed by atoms with E-state index in [-0.39, 0.29) is 5.82 Å². The first kappa shape index (κ1) is 19.2. The molecule has 0 fully saturated rings. The van der Waals surface area contributed by atoms with Crippen molar-refractivity contribution in [1.82, 2.24) is 5.43 Å². The van der Waals surface area contributed by atoms with Crippen molar-refractivity contribution < 1.29 is 9.13 Å². The molecule has 1 N–H and O–H groups in total. The van der Waals surface area contributed by atoms with E-state index in [0.29, 0.717) is 28.9 Å². The normalized spacial score (nSPS) is 10.9. The molecule has 0 amide bonds. The van der Waals surface area contributed by atoms with Gasteiger partial charge in [0.1, 0.15) is 18.2 Å². The molecule has 138 valence electrons. The third-order valence-electron chi connectivity index (χ3n) is 3.80. The molecule has 0 saturated heterocycles. The van der Waals surface area contributed by atoms with Gasteiger partial charge in [-0.3, -0.25) is 0 Å². The number of benzene rings is 3. The molecule has 3 rings (SSSR count). The van der Waals surface area contributed by atoms with Crippen LogP contribution in [0.5, 0.6) is 5.75 Å². The molecule has 0 saturated carbocycles. The predicted molar refractivity (Wildman–Crippen MR) is 108 cm³/mol. The second kappa shape index (κ2) is 9.40. The fourth-order valence-corrected chi connectivity index (χ4v) is 2.91. The Balaban J connectivity index is 1.55. The fraction of sp³-hybridized carbons (Fsp3) is 0.0952. The minimum absolute atomic E-state index is 0.262. The summed E-state index contributed by atoms with van der Waals surface area (Å²) in [5, 5.41) is 5.40. The van der Waals surface area contributed by atoms with Crippen LogP contribution < -0.4 is 10.2 Å². The standard InChI is InChI=1S/C21H17Cl2FN2O/c22-20-5-2-6-21(23)19(20)13-26-25-12-16-3-1-4-18(11-16)27-14-15-7-9-17(24)10-8-15/h1-12,26H,13-14H2/b25-12+. The minimum Gasteiger partial charge on any atom is -0.489 e. The van der Waals surface area contributed by atoms with Crippen LogP contribution in [-0.2, 0) is 13.2 Å². The zero-order valence-corrected chi connectivity index (χ0v) is 15.8. The van der Waals surface area contributed by atoms with Gasteiger partial charge in [-0.05, 0) is 47.5 Å². The van der Waals surface area contributed by atoms with Crippen molar-refractivity contribution in [2.45, 2.75) is 13.2 Å².